The van der Waals surface area contributed by atoms with Crippen LogP contribution in [-0.4, -0.2) is 25.6 Å². The van der Waals surface area contributed by atoms with Crippen LogP contribution in [0.15, 0.2) is 58.2 Å². The molecule has 0 unspecified atom stereocenters. The van der Waals surface area contributed by atoms with Gasteiger partial charge < -0.3 is 9.84 Å². The number of hydrogen-bond acceptors (Lipinski definition) is 6. The third-order valence-electron chi connectivity index (χ3n) is 4.14. The van der Waals surface area contributed by atoms with Gasteiger partial charge in [0.2, 0.25) is 5.91 Å². The molecule has 0 atom stereocenters. The molecule has 0 spiro atoms. The van der Waals surface area contributed by atoms with Crippen LogP contribution in [0, 0.1) is 12.7 Å². The molecule has 4 rings (SSSR count). The largest absolute Gasteiger partial charge is 0.335 e. The van der Waals surface area contributed by atoms with Gasteiger partial charge in [0.1, 0.15) is 35.6 Å². The standard InChI is InChI=1S/C19H14FN5O3/c1-11-4-3-7-21-17(11)23-14(26)9-25-10-22-18-15(19(25)27)16(24-28-18)12-5-2-6-13(20)8-12/h2-8,10H,9H2,1H3,(H,21,23,26). The summed E-state index contributed by atoms with van der Waals surface area (Å²) >= 11 is 0. The monoisotopic (exact) mass is 379 g/mol. The van der Waals surface area contributed by atoms with Crippen LogP contribution in [0.4, 0.5) is 10.2 Å². The lowest BCUT2D eigenvalue weighted by molar-refractivity contribution is -0.116. The van der Waals surface area contributed by atoms with Crippen LogP contribution < -0.4 is 10.9 Å². The summed E-state index contributed by atoms with van der Waals surface area (Å²) in [5.74, 6) is -0.489. The topological polar surface area (TPSA) is 103 Å². The second-order valence-electron chi connectivity index (χ2n) is 6.12. The van der Waals surface area contributed by atoms with E-state index in [2.05, 4.69) is 20.4 Å². The van der Waals surface area contributed by atoms with E-state index in [0.717, 1.165) is 10.1 Å². The van der Waals surface area contributed by atoms with Gasteiger partial charge in [-0.3, -0.25) is 14.2 Å². The first kappa shape index (κ1) is 17.5. The van der Waals surface area contributed by atoms with Gasteiger partial charge in [-0.05, 0) is 30.7 Å². The predicted octanol–water partition coefficient (Wildman–Crippen LogP) is 2.53. The maximum absolute atomic E-state index is 13.5. The molecular weight excluding hydrogens is 365 g/mol. The molecule has 0 aliphatic rings. The first-order valence-corrected chi connectivity index (χ1v) is 8.35. The van der Waals surface area contributed by atoms with E-state index in [4.69, 9.17) is 4.52 Å². The molecule has 1 aromatic carbocycles. The van der Waals surface area contributed by atoms with Gasteiger partial charge >= 0.3 is 0 Å². The van der Waals surface area contributed by atoms with Crippen molar-refractivity contribution in [2.45, 2.75) is 13.5 Å². The van der Waals surface area contributed by atoms with Gasteiger partial charge in [-0.25, -0.2) is 14.4 Å². The Bertz CT molecular complexity index is 1250. The van der Waals surface area contributed by atoms with Crippen LogP contribution in [0.1, 0.15) is 5.56 Å². The third-order valence-corrected chi connectivity index (χ3v) is 4.14. The highest BCUT2D eigenvalue weighted by Gasteiger charge is 2.18. The normalized spacial score (nSPS) is 10.9. The highest BCUT2D eigenvalue weighted by molar-refractivity contribution is 5.91. The van der Waals surface area contributed by atoms with Gasteiger partial charge in [-0.15, -0.1) is 0 Å². The number of rotatable bonds is 4. The first-order valence-electron chi connectivity index (χ1n) is 8.35. The van der Waals surface area contributed by atoms with Crippen LogP contribution in [0.5, 0.6) is 0 Å². The summed E-state index contributed by atoms with van der Waals surface area (Å²) in [5.41, 5.74) is 0.843. The highest BCUT2D eigenvalue weighted by Crippen LogP contribution is 2.24. The van der Waals surface area contributed by atoms with Crippen molar-refractivity contribution >= 4 is 22.8 Å². The molecule has 0 bridgehead atoms. The first-order chi connectivity index (χ1) is 13.5. The van der Waals surface area contributed by atoms with Crippen molar-refractivity contribution in [1.82, 2.24) is 19.7 Å². The van der Waals surface area contributed by atoms with Crippen molar-refractivity contribution < 1.29 is 13.7 Å². The van der Waals surface area contributed by atoms with Gasteiger partial charge in [0.25, 0.3) is 11.3 Å². The quantitative estimate of drug-likeness (QED) is 0.584. The molecule has 140 valence electrons. The number of halogens is 1. The molecule has 28 heavy (non-hydrogen) atoms. The Kier molecular flexibility index (Phi) is 4.40. The average molecular weight is 379 g/mol. The molecule has 0 saturated heterocycles. The Labute approximate surface area is 157 Å². The Hall–Kier alpha value is -3.88. The molecular formula is C19H14FN5O3. The fraction of sp³-hybridized carbons (Fsp3) is 0.105. The van der Waals surface area contributed by atoms with Crippen LogP contribution in [0.25, 0.3) is 22.4 Å². The zero-order chi connectivity index (χ0) is 19.7. The van der Waals surface area contributed by atoms with Crippen molar-refractivity contribution in [2.24, 2.45) is 0 Å². The van der Waals surface area contributed by atoms with Gasteiger partial charge in [0.15, 0.2) is 0 Å². The number of aromatic nitrogens is 4. The molecule has 3 aromatic heterocycles. The Morgan fingerprint density at radius 3 is 2.89 bits per heavy atom. The molecule has 9 heteroatoms. The molecule has 0 radical (unpaired) electrons. The number of fused-ring (bicyclic) bond motifs is 1. The van der Waals surface area contributed by atoms with E-state index in [1.54, 1.807) is 18.3 Å². The Morgan fingerprint density at radius 1 is 1.25 bits per heavy atom. The second kappa shape index (κ2) is 7.03. The van der Waals surface area contributed by atoms with E-state index in [1.807, 2.05) is 13.0 Å². The van der Waals surface area contributed by atoms with Crippen molar-refractivity contribution in [3.05, 3.63) is 70.7 Å². The minimum absolute atomic E-state index is 0.0153. The third kappa shape index (κ3) is 3.25. The number of pyridine rings is 1. The minimum Gasteiger partial charge on any atom is -0.335 e. The van der Waals surface area contributed by atoms with Crippen LogP contribution >= 0.6 is 0 Å². The summed E-state index contributed by atoms with van der Waals surface area (Å²) in [6.45, 7) is 1.54. The van der Waals surface area contributed by atoms with Crippen molar-refractivity contribution in [3.63, 3.8) is 0 Å². The number of anilines is 1. The smallest absolute Gasteiger partial charge is 0.267 e. The van der Waals surface area contributed by atoms with Crippen LogP contribution in [-0.2, 0) is 11.3 Å². The number of nitrogens with zero attached hydrogens (tertiary/aromatic N) is 4. The maximum atomic E-state index is 13.5. The number of amides is 1. The molecule has 8 nitrogen and oxygen atoms in total. The zero-order valence-electron chi connectivity index (χ0n) is 14.7. The number of nitrogens with one attached hydrogen (secondary N) is 1. The SMILES string of the molecule is Cc1cccnc1NC(=O)Cn1cnc2onc(-c3cccc(F)c3)c2c1=O. The molecule has 3 heterocycles. The van der Waals surface area contributed by atoms with Crippen molar-refractivity contribution in [2.75, 3.05) is 5.32 Å². The van der Waals surface area contributed by atoms with E-state index >= 15 is 0 Å². The summed E-state index contributed by atoms with van der Waals surface area (Å²) in [7, 11) is 0. The number of benzene rings is 1. The van der Waals surface area contributed by atoms with E-state index in [-0.39, 0.29) is 23.3 Å². The summed E-state index contributed by atoms with van der Waals surface area (Å²) in [4.78, 5) is 33.3. The molecule has 0 aliphatic carbocycles. The summed E-state index contributed by atoms with van der Waals surface area (Å²) < 4.78 is 19.8. The second-order valence-corrected chi connectivity index (χ2v) is 6.12. The molecule has 0 saturated carbocycles. The van der Waals surface area contributed by atoms with E-state index in [0.29, 0.717) is 11.4 Å². The molecule has 1 amide bonds. The molecule has 1 N–H and O–H groups in total. The fourth-order valence-electron chi connectivity index (χ4n) is 2.77. The van der Waals surface area contributed by atoms with Crippen molar-refractivity contribution in [1.29, 1.82) is 0 Å². The molecule has 0 fully saturated rings. The molecule has 4 aromatic rings. The van der Waals surface area contributed by atoms with Crippen LogP contribution in [0.3, 0.4) is 0 Å². The van der Waals surface area contributed by atoms with E-state index < -0.39 is 17.3 Å². The van der Waals surface area contributed by atoms with Gasteiger partial charge in [-0.2, -0.15) is 0 Å². The lowest BCUT2D eigenvalue weighted by Crippen LogP contribution is -2.28. The Balaban J connectivity index is 1.68. The fourth-order valence-corrected chi connectivity index (χ4v) is 2.77. The number of carbonyl (C=O) groups excluding carboxylic acids is 1. The van der Waals surface area contributed by atoms with Gasteiger partial charge in [0.05, 0.1) is 0 Å². The van der Waals surface area contributed by atoms with E-state index in [9.17, 15) is 14.0 Å². The van der Waals surface area contributed by atoms with Crippen molar-refractivity contribution in [3.8, 4) is 11.3 Å². The number of aryl methyl sites for hydroxylation is 1. The zero-order valence-corrected chi connectivity index (χ0v) is 14.7. The molecule has 0 aliphatic heterocycles. The van der Waals surface area contributed by atoms with E-state index in [1.165, 1.54) is 24.5 Å². The number of carbonyl (C=O) groups is 1. The van der Waals surface area contributed by atoms with Gasteiger partial charge in [-0.1, -0.05) is 23.4 Å². The summed E-state index contributed by atoms with van der Waals surface area (Å²) in [6.07, 6.45) is 2.76. The lowest BCUT2D eigenvalue weighted by Gasteiger charge is -2.08. The average Bonchev–Trinajstić information content (AvgIpc) is 3.11. The summed E-state index contributed by atoms with van der Waals surface area (Å²) in [6, 6.07) is 9.20. The number of hydrogen-bond donors (Lipinski definition) is 1. The van der Waals surface area contributed by atoms with Crippen LogP contribution in [0.2, 0.25) is 0 Å². The highest BCUT2D eigenvalue weighted by atomic mass is 19.1. The summed E-state index contributed by atoms with van der Waals surface area (Å²) in [5, 5.41) is 6.57. The predicted molar refractivity (Wildman–Crippen MR) is 99.1 cm³/mol. The maximum Gasteiger partial charge on any atom is 0.267 e. The Morgan fingerprint density at radius 2 is 2.11 bits per heavy atom. The van der Waals surface area contributed by atoms with Gasteiger partial charge in [0, 0.05) is 11.8 Å². The minimum atomic E-state index is -0.515. The lowest BCUT2D eigenvalue weighted by atomic mass is 10.1.